The summed E-state index contributed by atoms with van der Waals surface area (Å²) in [6.45, 7) is 3.44. The van der Waals surface area contributed by atoms with Crippen molar-refractivity contribution < 1.29 is 19.1 Å². The lowest BCUT2D eigenvalue weighted by atomic mass is 9.85. The van der Waals surface area contributed by atoms with E-state index in [-0.39, 0.29) is 28.8 Å². The van der Waals surface area contributed by atoms with E-state index in [1.165, 1.54) is 30.6 Å². The average Bonchev–Trinajstić information content (AvgIpc) is 3.35. The van der Waals surface area contributed by atoms with Crippen LogP contribution < -0.4 is 17.0 Å². The molecule has 3 N–H and O–H groups in total. The summed E-state index contributed by atoms with van der Waals surface area (Å²) in [6.07, 6.45) is 0.852. The Kier molecular flexibility index (Phi) is 9.08. The van der Waals surface area contributed by atoms with Gasteiger partial charge < -0.3 is 15.2 Å². The Balaban J connectivity index is 1.71. The summed E-state index contributed by atoms with van der Waals surface area (Å²) in [6, 6.07) is 11.3. The Morgan fingerprint density at radius 2 is 1.80 bits per heavy atom. The summed E-state index contributed by atoms with van der Waals surface area (Å²) in [5.41, 5.74) is 5.63. The molecule has 1 atom stereocenters. The second-order valence-corrected chi connectivity index (χ2v) is 11.3. The van der Waals surface area contributed by atoms with Crippen molar-refractivity contribution in [1.29, 1.82) is 0 Å². The maximum absolute atomic E-state index is 12.7. The number of aromatic amines is 1. The fourth-order valence-electron chi connectivity index (χ4n) is 4.07. The van der Waals surface area contributed by atoms with Crippen molar-refractivity contribution in [2.45, 2.75) is 31.7 Å². The number of esters is 2. The van der Waals surface area contributed by atoms with Gasteiger partial charge in [-0.3, -0.25) is 19.4 Å². The van der Waals surface area contributed by atoms with Crippen LogP contribution in [0.15, 0.2) is 58.3 Å². The predicted molar refractivity (Wildman–Crippen MR) is 155 cm³/mol. The Labute approximate surface area is 247 Å². The number of nitrogens with two attached hydrogens (primary N) is 1. The summed E-state index contributed by atoms with van der Waals surface area (Å²) in [5.74, 6) is -1.28. The van der Waals surface area contributed by atoms with Crippen LogP contribution in [-0.2, 0) is 30.9 Å². The number of halogens is 2. The van der Waals surface area contributed by atoms with E-state index < -0.39 is 34.6 Å². The van der Waals surface area contributed by atoms with Crippen LogP contribution in [0.4, 0.5) is 0 Å². The molecular formula is C27H25Cl2N5O6S. The SMILES string of the molecule is COC(=O)C(N)COC(=O)Cc1sc(C(C)(C)c2c(Cl)cc(-n3ncc(=O)[nH]c3=O)cc2Cl)nc1-c1ccccc1. The number of ether oxygens (including phenoxy) is 2. The summed E-state index contributed by atoms with van der Waals surface area (Å²) < 4.78 is 10.8. The van der Waals surface area contributed by atoms with Crippen molar-refractivity contribution in [3.63, 3.8) is 0 Å². The molecule has 2 aromatic heterocycles. The molecular weight excluding hydrogens is 593 g/mol. The number of nitrogens with one attached hydrogen (secondary N) is 1. The van der Waals surface area contributed by atoms with Gasteiger partial charge >= 0.3 is 17.6 Å². The molecule has 2 aromatic carbocycles. The zero-order chi connectivity index (χ0) is 29.9. The second kappa shape index (κ2) is 12.4. The van der Waals surface area contributed by atoms with E-state index in [0.717, 1.165) is 16.4 Å². The molecule has 0 aliphatic carbocycles. The lowest BCUT2D eigenvalue weighted by Gasteiger charge is -2.26. The van der Waals surface area contributed by atoms with E-state index in [1.54, 1.807) is 0 Å². The van der Waals surface area contributed by atoms with E-state index in [9.17, 15) is 19.2 Å². The first kappa shape index (κ1) is 30.1. The molecule has 11 nitrogen and oxygen atoms in total. The molecule has 0 aliphatic rings. The molecule has 1 unspecified atom stereocenters. The zero-order valence-corrected chi connectivity index (χ0v) is 24.5. The number of nitrogens with zero attached hydrogens (tertiary/aromatic N) is 3. The Bertz CT molecular complexity index is 1690. The summed E-state index contributed by atoms with van der Waals surface area (Å²) in [4.78, 5) is 55.6. The lowest BCUT2D eigenvalue weighted by molar-refractivity contribution is -0.148. The van der Waals surface area contributed by atoms with Crippen molar-refractivity contribution in [3.05, 3.63) is 95.0 Å². The van der Waals surface area contributed by atoms with Crippen LogP contribution in [0, 0.1) is 0 Å². The largest absolute Gasteiger partial charge is 0.468 e. The van der Waals surface area contributed by atoms with Gasteiger partial charge in [-0.15, -0.1) is 11.3 Å². The minimum absolute atomic E-state index is 0.118. The molecule has 0 fully saturated rings. The Hall–Kier alpha value is -3.84. The van der Waals surface area contributed by atoms with Crippen LogP contribution in [0.25, 0.3) is 16.9 Å². The molecule has 4 aromatic rings. The number of aromatic nitrogens is 4. The molecule has 0 amide bonds. The number of rotatable bonds is 9. The van der Waals surface area contributed by atoms with E-state index in [1.807, 2.05) is 44.2 Å². The molecule has 2 heterocycles. The van der Waals surface area contributed by atoms with Crippen LogP contribution in [0.1, 0.15) is 29.3 Å². The number of H-pyrrole nitrogens is 1. The highest BCUT2D eigenvalue weighted by molar-refractivity contribution is 7.12. The third-order valence-electron chi connectivity index (χ3n) is 6.12. The number of benzene rings is 2. The number of carbonyl (C=O) groups is 2. The summed E-state index contributed by atoms with van der Waals surface area (Å²) in [5, 5.41) is 4.95. The number of thiazole rings is 1. The summed E-state index contributed by atoms with van der Waals surface area (Å²) in [7, 11) is 1.20. The third-order valence-corrected chi connectivity index (χ3v) is 8.10. The molecule has 41 heavy (non-hydrogen) atoms. The normalized spacial score (nSPS) is 12.1. The molecule has 0 bridgehead atoms. The van der Waals surface area contributed by atoms with Gasteiger partial charge in [-0.2, -0.15) is 9.78 Å². The van der Waals surface area contributed by atoms with Crippen molar-refractivity contribution >= 4 is 46.5 Å². The Morgan fingerprint density at radius 3 is 2.41 bits per heavy atom. The van der Waals surface area contributed by atoms with Gasteiger partial charge in [0.05, 0.1) is 24.9 Å². The van der Waals surface area contributed by atoms with Gasteiger partial charge in [0.25, 0.3) is 5.56 Å². The van der Waals surface area contributed by atoms with E-state index in [2.05, 4.69) is 14.8 Å². The first-order valence-corrected chi connectivity index (χ1v) is 13.7. The van der Waals surface area contributed by atoms with Crippen LogP contribution in [0.2, 0.25) is 10.0 Å². The van der Waals surface area contributed by atoms with Crippen LogP contribution in [0.3, 0.4) is 0 Å². The van der Waals surface area contributed by atoms with E-state index >= 15 is 0 Å². The van der Waals surface area contributed by atoms with Crippen LogP contribution >= 0.6 is 34.5 Å². The Morgan fingerprint density at radius 1 is 1.15 bits per heavy atom. The highest BCUT2D eigenvalue weighted by Gasteiger charge is 2.34. The maximum atomic E-state index is 12.7. The minimum atomic E-state index is -1.09. The first-order chi connectivity index (χ1) is 19.4. The highest BCUT2D eigenvalue weighted by atomic mass is 35.5. The lowest BCUT2D eigenvalue weighted by Crippen LogP contribution is -2.37. The number of carbonyl (C=O) groups excluding carboxylic acids is 2. The molecule has 0 aliphatic heterocycles. The fraction of sp³-hybridized carbons (Fsp3) is 0.259. The van der Waals surface area contributed by atoms with E-state index in [4.69, 9.17) is 38.7 Å². The molecule has 0 radical (unpaired) electrons. The first-order valence-electron chi connectivity index (χ1n) is 12.2. The minimum Gasteiger partial charge on any atom is -0.468 e. The fourth-order valence-corrected chi connectivity index (χ4v) is 6.19. The highest BCUT2D eigenvalue weighted by Crippen LogP contribution is 2.44. The maximum Gasteiger partial charge on any atom is 0.349 e. The zero-order valence-electron chi connectivity index (χ0n) is 22.1. The molecule has 4 rings (SSSR count). The molecule has 0 saturated carbocycles. The number of methoxy groups -OCH3 is 1. The van der Waals surface area contributed by atoms with E-state index in [0.29, 0.717) is 21.1 Å². The van der Waals surface area contributed by atoms with Crippen molar-refractivity contribution in [2.75, 3.05) is 13.7 Å². The number of hydrogen-bond donors (Lipinski definition) is 2. The van der Waals surface area contributed by atoms with Gasteiger partial charge in [0.15, 0.2) is 0 Å². The van der Waals surface area contributed by atoms with Crippen LogP contribution in [-0.4, -0.2) is 51.4 Å². The molecule has 0 spiro atoms. The van der Waals surface area contributed by atoms with Crippen molar-refractivity contribution in [3.8, 4) is 16.9 Å². The van der Waals surface area contributed by atoms with Crippen molar-refractivity contribution in [2.24, 2.45) is 5.73 Å². The van der Waals surface area contributed by atoms with Gasteiger partial charge in [-0.1, -0.05) is 53.5 Å². The molecule has 0 saturated heterocycles. The van der Waals surface area contributed by atoms with Gasteiger partial charge in [0.2, 0.25) is 0 Å². The summed E-state index contributed by atoms with van der Waals surface area (Å²) >= 11 is 14.7. The molecule has 214 valence electrons. The van der Waals surface area contributed by atoms with Gasteiger partial charge in [-0.05, 0) is 26.0 Å². The average molecular weight is 618 g/mol. The monoisotopic (exact) mass is 617 g/mol. The number of hydrogen-bond acceptors (Lipinski definition) is 10. The topological polar surface area (TPSA) is 159 Å². The standard InChI is InChI=1S/C27H25Cl2N5O6S/c1-27(2,22-16(28)9-15(10-17(22)29)34-26(38)32-20(35)12-31-34)25-33-23(14-7-5-4-6-8-14)19(41-25)11-21(36)40-13-18(30)24(37)39-3/h4-10,12,18H,11,13,30H2,1-3H3,(H,32,35,38). The quantitative estimate of drug-likeness (QED) is 0.269. The van der Waals surface area contributed by atoms with Crippen LogP contribution in [0.5, 0.6) is 0 Å². The predicted octanol–water partition coefficient (Wildman–Crippen LogP) is 3.26. The van der Waals surface area contributed by atoms with Crippen molar-refractivity contribution in [1.82, 2.24) is 19.7 Å². The van der Waals surface area contributed by atoms with Gasteiger partial charge in [0.1, 0.15) is 23.9 Å². The smallest absolute Gasteiger partial charge is 0.349 e. The second-order valence-electron chi connectivity index (χ2n) is 9.41. The van der Waals surface area contributed by atoms with Gasteiger partial charge in [0, 0.05) is 31.5 Å². The molecule has 14 heteroatoms. The van der Waals surface area contributed by atoms with Gasteiger partial charge in [-0.25, -0.2) is 9.78 Å². The third kappa shape index (κ3) is 6.57.